The van der Waals surface area contributed by atoms with Gasteiger partial charge in [-0.25, -0.2) is 0 Å². The lowest BCUT2D eigenvalue weighted by molar-refractivity contribution is -0.124. The number of amides is 3. The minimum absolute atomic E-state index is 0.00545. The van der Waals surface area contributed by atoms with Crippen LogP contribution in [0.1, 0.15) is 43.5 Å². The summed E-state index contributed by atoms with van der Waals surface area (Å²) in [7, 11) is 0. The second kappa shape index (κ2) is 11.5. The molecule has 0 aliphatic heterocycles. The Morgan fingerprint density at radius 1 is 0.862 bits per heavy atom. The minimum Gasteiger partial charge on any atom is -0.493 e. The number of hydrogen-bond acceptors (Lipinski definition) is 4. The van der Waals surface area contributed by atoms with E-state index in [2.05, 4.69) is 30.0 Å². The number of anilines is 1. The predicted molar refractivity (Wildman–Crippen MR) is 111 cm³/mol. The van der Waals surface area contributed by atoms with Crippen molar-refractivity contribution in [3.8, 4) is 5.75 Å². The van der Waals surface area contributed by atoms with Gasteiger partial charge >= 0.3 is 0 Å². The third kappa shape index (κ3) is 8.04. The number of benzene rings is 2. The lowest BCUT2D eigenvalue weighted by Gasteiger charge is -2.13. The molecular weight excluding hydrogens is 370 g/mol. The first-order valence-electron chi connectivity index (χ1n) is 9.61. The second-order valence-electron chi connectivity index (χ2n) is 6.94. The quantitative estimate of drug-likeness (QED) is 0.566. The van der Waals surface area contributed by atoms with E-state index < -0.39 is 11.8 Å². The molecule has 3 amide bonds. The third-order valence-corrected chi connectivity index (χ3v) is 4.04. The number of carbonyl (C=O) groups is 3. The fraction of sp³-hybridized carbons (Fsp3) is 0.318. The minimum atomic E-state index is -0.479. The average Bonchev–Trinajstić information content (AvgIpc) is 2.71. The van der Waals surface area contributed by atoms with E-state index in [1.165, 1.54) is 0 Å². The van der Waals surface area contributed by atoms with Crippen LogP contribution in [0, 0.1) is 5.92 Å². The predicted octanol–water partition coefficient (Wildman–Crippen LogP) is 3.29. The van der Waals surface area contributed by atoms with E-state index in [9.17, 15) is 14.4 Å². The molecule has 0 aliphatic rings. The molecule has 2 rings (SSSR count). The molecule has 3 N–H and O–H groups in total. The Balaban J connectivity index is 1.77. The van der Waals surface area contributed by atoms with E-state index in [0.29, 0.717) is 29.5 Å². The maximum Gasteiger partial charge on any atom is 0.273 e. The van der Waals surface area contributed by atoms with Crippen molar-refractivity contribution in [2.45, 2.75) is 33.1 Å². The summed E-state index contributed by atoms with van der Waals surface area (Å²) < 4.78 is 5.69. The Kier molecular flexibility index (Phi) is 8.69. The first kappa shape index (κ1) is 21.9. The van der Waals surface area contributed by atoms with Gasteiger partial charge in [0.1, 0.15) is 5.75 Å². The summed E-state index contributed by atoms with van der Waals surface area (Å²) in [5, 5.41) is 2.70. The first-order chi connectivity index (χ1) is 14.0. The molecule has 0 radical (unpaired) electrons. The lowest BCUT2D eigenvalue weighted by atomic mass is 10.1. The van der Waals surface area contributed by atoms with Crippen molar-refractivity contribution < 1.29 is 19.1 Å². The molecule has 0 saturated heterocycles. The number of rotatable bonds is 9. The van der Waals surface area contributed by atoms with E-state index in [0.717, 1.165) is 6.42 Å². The molecule has 154 valence electrons. The van der Waals surface area contributed by atoms with Crippen molar-refractivity contribution in [2.75, 3.05) is 11.9 Å². The zero-order valence-corrected chi connectivity index (χ0v) is 16.7. The average molecular weight is 397 g/mol. The molecule has 29 heavy (non-hydrogen) atoms. The fourth-order valence-corrected chi connectivity index (χ4v) is 2.41. The summed E-state index contributed by atoms with van der Waals surface area (Å²) in [4.78, 5) is 36.2. The van der Waals surface area contributed by atoms with Crippen LogP contribution in [0.2, 0.25) is 0 Å². The van der Waals surface area contributed by atoms with E-state index in [-0.39, 0.29) is 18.7 Å². The maximum absolute atomic E-state index is 12.4. The molecule has 2 aromatic rings. The van der Waals surface area contributed by atoms with Gasteiger partial charge in [-0.1, -0.05) is 44.2 Å². The molecule has 0 unspecified atom stereocenters. The molecular formula is C22H27N3O4. The van der Waals surface area contributed by atoms with Crippen LogP contribution >= 0.6 is 0 Å². The fourth-order valence-electron chi connectivity index (χ4n) is 2.41. The summed E-state index contributed by atoms with van der Waals surface area (Å²) in [6.45, 7) is 4.69. The van der Waals surface area contributed by atoms with E-state index >= 15 is 0 Å². The molecule has 7 heteroatoms. The van der Waals surface area contributed by atoms with E-state index in [4.69, 9.17) is 4.74 Å². The van der Waals surface area contributed by atoms with Crippen LogP contribution in [0.15, 0.2) is 54.6 Å². The van der Waals surface area contributed by atoms with Crippen molar-refractivity contribution in [1.82, 2.24) is 10.9 Å². The lowest BCUT2D eigenvalue weighted by Crippen LogP contribution is -2.42. The smallest absolute Gasteiger partial charge is 0.273 e. The molecule has 2 aromatic carbocycles. The van der Waals surface area contributed by atoms with Crippen LogP contribution in [-0.4, -0.2) is 24.3 Å². The van der Waals surface area contributed by atoms with Crippen molar-refractivity contribution >= 4 is 23.4 Å². The van der Waals surface area contributed by atoms with Crippen LogP contribution in [0.25, 0.3) is 0 Å². The normalized spacial score (nSPS) is 10.3. The Morgan fingerprint density at radius 3 is 2.24 bits per heavy atom. The summed E-state index contributed by atoms with van der Waals surface area (Å²) in [6.07, 6.45) is 0.828. The summed E-state index contributed by atoms with van der Waals surface area (Å²) in [5.41, 5.74) is 5.69. The molecule has 0 aromatic heterocycles. The standard InChI is InChI=1S/C22H27N3O4/c1-16(2)14-15-29-19-11-7-6-10-18(19)22(28)25-24-21(27)13-12-20(26)23-17-8-4-3-5-9-17/h3-11,16H,12-15H2,1-2H3,(H,23,26)(H,24,27)(H,25,28). The van der Waals surface area contributed by atoms with Crippen molar-refractivity contribution in [2.24, 2.45) is 5.92 Å². The van der Waals surface area contributed by atoms with Gasteiger partial charge in [-0.3, -0.25) is 25.2 Å². The zero-order chi connectivity index (χ0) is 21.1. The Morgan fingerprint density at radius 2 is 1.52 bits per heavy atom. The van der Waals surface area contributed by atoms with Gasteiger partial charge in [0.05, 0.1) is 12.2 Å². The van der Waals surface area contributed by atoms with Gasteiger partial charge in [0.15, 0.2) is 0 Å². The van der Waals surface area contributed by atoms with Gasteiger partial charge < -0.3 is 10.1 Å². The van der Waals surface area contributed by atoms with Crippen LogP contribution in [-0.2, 0) is 9.59 Å². The van der Waals surface area contributed by atoms with Crippen molar-refractivity contribution in [3.63, 3.8) is 0 Å². The van der Waals surface area contributed by atoms with Gasteiger partial charge in [0.25, 0.3) is 5.91 Å². The van der Waals surface area contributed by atoms with Crippen LogP contribution < -0.4 is 20.9 Å². The number of hydrazine groups is 1. The van der Waals surface area contributed by atoms with Gasteiger partial charge in [0.2, 0.25) is 11.8 Å². The Hall–Kier alpha value is -3.35. The summed E-state index contributed by atoms with van der Waals surface area (Å²) in [5.74, 6) is -0.259. The van der Waals surface area contributed by atoms with Crippen LogP contribution in [0.5, 0.6) is 5.75 Å². The van der Waals surface area contributed by atoms with Gasteiger partial charge in [-0.15, -0.1) is 0 Å². The Bertz CT molecular complexity index is 822. The molecule has 0 saturated carbocycles. The van der Waals surface area contributed by atoms with Crippen molar-refractivity contribution in [1.29, 1.82) is 0 Å². The number of ether oxygens (including phenoxy) is 1. The Labute approximate surface area is 170 Å². The van der Waals surface area contributed by atoms with Crippen LogP contribution in [0.3, 0.4) is 0 Å². The number of carbonyl (C=O) groups excluding carboxylic acids is 3. The molecule has 0 heterocycles. The molecule has 0 spiro atoms. The van der Waals surface area contributed by atoms with Crippen LogP contribution in [0.4, 0.5) is 5.69 Å². The highest BCUT2D eigenvalue weighted by molar-refractivity contribution is 5.98. The molecule has 0 fully saturated rings. The largest absolute Gasteiger partial charge is 0.493 e. The number of nitrogens with one attached hydrogen (secondary N) is 3. The molecule has 0 atom stereocenters. The number of para-hydroxylation sites is 2. The summed E-state index contributed by atoms with van der Waals surface area (Å²) in [6, 6.07) is 15.8. The highest BCUT2D eigenvalue weighted by Crippen LogP contribution is 2.18. The third-order valence-electron chi connectivity index (χ3n) is 4.04. The van der Waals surface area contributed by atoms with Gasteiger partial charge in [-0.2, -0.15) is 0 Å². The summed E-state index contributed by atoms with van der Waals surface area (Å²) >= 11 is 0. The molecule has 0 bridgehead atoms. The molecule has 7 nitrogen and oxygen atoms in total. The number of hydrogen-bond donors (Lipinski definition) is 3. The van der Waals surface area contributed by atoms with E-state index in [1.807, 2.05) is 18.2 Å². The SMILES string of the molecule is CC(C)CCOc1ccccc1C(=O)NNC(=O)CCC(=O)Nc1ccccc1. The van der Waals surface area contributed by atoms with Gasteiger partial charge in [0, 0.05) is 18.5 Å². The van der Waals surface area contributed by atoms with E-state index in [1.54, 1.807) is 36.4 Å². The molecule has 0 aliphatic carbocycles. The zero-order valence-electron chi connectivity index (χ0n) is 16.7. The second-order valence-corrected chi connectivity index (χ2v) is 6.94. The monoisotopic (exact) mass is 397 g/mol. The first-order valence-corrected chi connectivity index (χ1v) is 9.61. The highest BCUT2D eigenvalue weighted by atomic mass is 16.5. The maximum atomic E-state index is 12.4. The van der Waals surface area contributed by atoms with Gasteiger partial charge in [-0.05, 0) is 36.6 Å². The highest BCUT2D eigenvalue weighted by Gasteiger charge is 2.14. The van der Waals surface area contributed by atoms with Crippen molar-refractivity contribution in [3.05, 3.63) is 60.2 Å². The topological polar surface area (TPSA) is 96.5 Å².